The zero-order chi connectivity index (χ0) is 27.1. The van der Waals surface area contributed by atoms with Crippen LogP contribution >= 0.6 is 0 Å². The van der Waals surface area contributed by atoms with Crippen molar-refractivity contribution < 1.29 is 23.9 Å². The van der Waals surface area contributed by atoms with Gasteiger partial charge >= 0.3 is 5.97 Å². The monoisotopic (exact) mass is 494 g/mol. The molecule has 0 saturated heterocycles. The van der Waals surface area contributed by atoms with Crippen molar-refractivity contribution in [2.75, 3.05) is 0 Å². The Kier molecular flexibility index (Phi) is 7.83. The molecule has 3 saturated carbocycles. The lowest BCUT2D eigenvalue weighted by Gasteiger charge is -2.62. The van der Waals surface area contributed by atoms with Crippen molar-refractivity contribution in [1.29, 1.82) is 0 Å². The highest BCUT2D eigenvalue weighted by Crippen LogP contribution is 2.69. The molecule has 0 radical (unpaired) electrons. The largest absolute Gasteiger partial charge is 0.462 e. The van der Waals surface area contributed by atoms with Gasteiger partial charge in [0.1, 0.15) is 6.10 Å². The van der Waals surface area contributed by atoms with Gasteiger partial charge in [0, 0.05) is 29.7 Å². The molecule has 5 atom stereocenters. The Morgan fingerprint density at radius 1 is 0.889 bits per heavy atom. The fourth-order valence-corrected chi connectivity index (χ4v) is 7.80. The van der Waals surface area contributed by atoms with Crippen LogP contribution in [-0.2, 0) is 23.9 Å². The van der Waals surface area contributed by atoms with Gasteiger partial charge in [-0.2, -0.15) is 0 Å². The Labute approximate surface area is 216 Å². The third-order valence-corrected chi connectivity index (χ3v) is 9.48. The van der Waals surface area contributed by atoms with E-state index in [0.29, 0.717) is 17.9 Å². The van der Waals surface area contributed by atoms with Crippen molar-refractivity contribution in [1.82, 2.24) is 0 Å². The first kappa shape index (κ1) is 28.0. The van der Waals surface area contributed by atoms with Crippen LogP contribution in [-0.4, -0.2) is 29.4 Å². The molecule has 0 aromatic heterocycles. The maximum absolute atomic E-state index is 13.5. The van der Waals surface area contributed by atoms with Crippen molar-refractivity contribution in [3.63, 3.8) is 0 Å². The minimum atomic E-state index is -0.220. The molecular formula is C31H42O5. The topological polar surface area (TPSA) is 77.5 Å². The summed E-state index contributed by atoms with van der Waals surface area (Å²) in [5, 5.41) is 0. The summed E-state index contributed by atoms with van der Waals surface area (Å²) in [5.41, 5.74) is 2.08. The second-order valence-corrected chi connectivity index (χ2v) is 12.2. The first-order chi connectivity index (χ1) is 16.6. The second-order valence-electron chi connectivity index (χ2n) is 12.2. The molecular weight excluding hydrogens is 452 g/mol. The summed E-state index contributed by atoms with van der Waals surface area (Å²) < 4.78 is 5.75. The van der Waals surface area contributed by atoms with Gasteiger partial charge in [0.25, 0.3) is 0 Å². The number of carbonyl (C=O) groups is 4. The van der Waals surface area contributed by atoms with E-state index in [4.69, 9.17) is 4.74 Å². The molecule has 3 fully saturated rings. The summed E-state index contributed by atoms with van der Waals surface area (Å²) in [6, 6.07) is 0. The van der Waals surface area contributed by atoms with E-state index in [0.717, 1.165) is 36.8 Å². The lowest BCUT2D eigenvalue weighted by molar-refractivity contribution is -0.185. The van der Waals surface area contributed by atoms with Gasteiger partial charge in [0.05, 0.1) is 0 Å². The average molecular weight is 495 g/mol. The summed E-state index contributed by atoms with van der Waals surface area (Å²) in [6.07, 6.45) is 12.2. The first-order valence-electron chi connectivity index (χ1n) is 13.1. The van der Waals surface area contributed by atoms with Gasteiger partial charge in [-0.25, -0.2) is 0 Å². The summed E-state index contributed by atoms with van der Waals surface area (Å²) in [7, 11) is 0. The van der Waals surface area contributed by atoms with E-state index in [1.165, 1.54) is 26.0 Å². The number of rotatable bonds is 6. The molecule has 3 aliphatic rings. The predicted molar refractivity (Wildman–Crippen MR) is 141 cm³/mol. The molecule has 3 aliphatic carbocycles. The number of hydrogen-bond acceptors (Lipinski definition) is 5. The summed E-state index contributed by atoms with van der Waals surface area (Å²) in [5.74, 6) is 0.268. The van der Waals surface area contributed by atoms with Gasteiger partial charge in [-0.1, -0.05) is 45.9 Å². The predicted octanol–water partition coefficient (Wildman–Crippen LogP) is 6.28. The van der Waals surface area contributed by atoms with Crippen LogP contribution in [0.3, 0.4) is 0 Å². The van der Waals surface area contributed by atoms with E-state index in [-0.39, 0.29) is 51.6 Å². The zero-order valence-corrected chi connectivity index (χ0v) is 23.2. The average Bonchev–Trinajstić information content (AvgIpc) is 3.05. The molecule has 0 aliphatic heterocycles. The van der Waals surface area contributed by atoms with Crippen molar-refractivity contribution in [2.45, 2.75) is 93.6 Å². The Balaban J connectivity index is 1.89. The van der Waals surface area contributed by atoms with Crippen LogP contribution in [0.2, 0.25) is 0 Å². The van der Waals surface area contributed by atoms with Crippen LogP contribution in [0, 0.1) is 28.1 Å². The molecule has 5 heteroatoms. The highest BCUT2D eigenvalue weighted by molar-refractivity contribution is 6.07. The number of ether oxygens (including phenoxy) is 1. The van der Waals surface area contributed by atoms with Gasteiger partial charge in [-0.15, -0.1) is 0 Å². The number of allylic oxidation sites excluding steroid dienone is 8. The van der Waals surface area contributed by atoms with Crippen LogP contribution in [0.5, 0.6) is 0 Å². The zero-order valence-electron chi connectivity index (χ0n) is 23.2. The van der Waals surface area contributed by atoms with Crippen molar-refractivity contribution in [3.8, 4) is 0 Å². The second kappa shape index (κ2) is 10.1. The van der Waals surface area contributed by atoms with Gasteiger partial charge < -0.3 is 4.74 Å². The van der Waals surface area contributed by atoms with Gasteiger partial charge in [0.15, 0.2) is 17.3 Å². The van der Waals surface area contributed by atoms with Crippen LogP contribution in [0.25, 0.3) is 0 Å². The maximum Gasteiger partial charge on any atom is 0.302 e. The summed E-state index contributed by atoms with van der Waals surface area (Å²) in [4.78, 5) is 48.4. The van der Waals surface area contributed by atoms with Crippen molar-refractivity contribution in [2.24, 2.45) is 28.1 Å². The number of esters is 1. The first-order valence-corrected chi connectivity index (χ1v) is 13.1. The molecule has 3 rings (SSSR count). The number of carbonyl (C=O) groups excluding carboxylic acids is 4. The fourth-order valence-electron chi connectivity index (χ4n) is 7.80. The lowest BCUT2D eigenvalue weighted by atomic mass is 9.43. The van der Waals surface area contributed by atoms with Crippen LogP contribution < -0.4 is 0 Å². The van der Waals surface area contributed by atoms with Crippen LogP contribution in [0.4, 0.5) is 0 Å². The third-order valence-electron chi connectivity index (χ3n) is 9.48. The number of Topliss-reactive ketones (excluding diaryl/α,β-unsaturated/α-hetero) is 1. The van der Waals surface area contributed by atoms with E-state index in [1.807, 2.05) is 19.1 Å². The Morgan fingerprint density at radius 3 is 2.17 bits per heavy atom. The molecule has 0 bridgehead atoms. The Hall–Kier alpha value is -2.56. The molecule has 5 nitrogen and oxygen atoms in total. The van der Waals surface area contributed by atoms with Gasteiger partial charge in [-0.3, -0.25) is 19.2 Å². The standard InChI is InChI=1S/C31H42O5/c1-19(23(34)13-12-21(3)32)10-9-11-20(2)28-24(35)18-26-30(7)17-15-27(36-22(4)33)29(5,6)25(30)14-16-31(26,28)8/h9-13,25-27H,14-18H2,1-8H3/b11-9+,13-12-,19-10+,28-20?/t25-,26-,27-,30-,31-/m0/s1. The van der Waals surface area contributed by atoms with E-state index < -0.39 is 0 Å². The number of ketones is 3. The van der Waals surface area contributed by atoms with Crippen LogP contribution in [0.15, 0.2) is 47.1 Å². The van der Waals surface area contributed by atoms with E-state index in [2.05, 4.69) is 27.7 Å². The molecule has 0 heterocycles. The normalized spacial score (nSPS) is 35.5. The molecule has 0 unspecified atom stereocenters. The highest BCUT2D eigenvalue weighted by atomic mass is 16.5. The van der Waals surface area contributed by atoms with Crippen molar-refractivity contribution in [3.05, 3.63) is 47.1 Å². The molecule has 0 aromatic rings. The molecule has 0 N–H and O–H groups in total. The van der Waals surface area contributed by atoms with E-state index >= 15 is 0 Å². The van der Waals surface area contributed by atoms with E-state index in [1.54, 1.807) is 13.0 Å². The molecule has 0 spiro atoms. The smallest absolute Gasteiger partial charge is 0.302 e. The molecule has 196 valence electrons. The van der Waals surface area contributed by atoms with Crippen molar-refractivity contribution >= 4 is 23.3 Å². The number of hydrogen-bond donors (Lipinski definition) is 0. The summed E-state index contributed by atoms with van der Waals surface area (Å²) in [6.45, 7) is 15.7. The molecule has 36 heavy (non-hydrogen) atoms. The van der Waals surface area contributed by atoms with E-state index in [9.17, 15) is 19.2 Å². The quantitative estimate of drug-likeness (QED) is 0.247. The molecule has 0 amide bonds. The SMILES string of the molecule is CC(=O)/C=C\C(=O)/C(C)=C/C=C/C(C)=C1C(=O)C[C@H]2[C@@]3(C)CC[C@H](OC(C)=O)C(C)(C)[C@@H]3CC[C@]12C. The Morgan fingerprint density at radius 2 is 1.56 bits per heavy atom. The number of fused-ring (bicyclic) bond motifs is 3. The molecule has 0 aromatic carbocycles. The Bertz CT molecular complexity index is 1080. The van der Waals surface area contributed by atoms with Gasteiger partial charge in [-0.05, 0) is 87.0 Å². The van der Waals surface area contributed by atoms with Crippen LogP contribution in [0.1, 0.15) is 87.5 Å². The third kappa shape index (κ3) is 4.99. The summed E-state index contributed by atoms with van der Waals surface area (Å²) >= 11 is 0. The fraction of sp³-hybridized carbons (Fsp3) is 0.613. The lowest BCUT2D eigenvalue weighted by Crippen LogP contribution is -2.58. The minimum absolute atomic E-state index is 0.000506. The van der Waals surface area contributed by atoms with Gasteiger partial charge in [0.2, 0.25) is 0 Å². The highest BCUT2D eigenvalue weighted by Gasteiger charge is 2.65. The minimum Gasteiger partial charge on any atom is -0.462 e. The maximum atomic E-state index is 13.5.